The minimum absolute atomic E-state index is 0.0552. The molecule has 0 fully saturated rings. The van der Waals surface area contributed by atoms with E-state index in [-0.39, 0.29) is 19.1 Å². The summed E-state index contributed by atoms with van der Waals surface area (Å²) in [5.74, 6) is -0.185. The number of carbonyl (C=O) groups excluding carboxylic acids is 1. The summed E-state index contributed by atoms with van der Waals surface area (Å²) >= 11 is 0. The maximum Gasteiger partial charge on any atom is 0.472 e. The molecular weight excluding hydrogens is 912 g/mol. The molecule has 3 N–H and O–H groups in total. The molecule has 1 amide bonds. The minimum Gasteiger partial charge on any atom is -0.387 e. The van der Waals surface area contributed by atoms with E-state index in [2.05, 4.69) is 43.5 Å². The number of aliphatic hydroxyl groups excluding tert-OH is 1. The average molecular weight is 1040 g/mol. The van der Waals surface area contributed by atoms with Gasteiger partial charge in [0.1, 0.15) is 13.2 Å². The van der Waals surface area contributed by atoms with Crippen LogP contribution < -0.4 is 5.32 Å². The molecule has 9 heteroatoms. The SMILES string of the molecule is CCCCCCCCCCCCCCCCCCCCCC/C=C/CC/C=C/CC/C=C/C(O)C(COP(=O)(O)OCC[N+](C)(C)C)NC(=O)CCCCCCCCCCCCCCCCCCCCCC. The number of carbonyl (C=O) groups is 1. The number of aliphatic hydroxyl groups is 1. The van der Waals surface area contributed by atoms with Gasteiger partial charge in [0, 0.05) is 6.42 Å². The first-order valence-corrected chi connectivity index (χ1v) is 32.9. The van der Waals surface area contributed by atoms with Crippen LogP contribution in [0.4, 0.5) is 0 Å². The molecule has 0 saturated heterocycles. The molecule has 72 heavy (non-hydrogen) atoms. The molecule has 3 unspecified atom stereocenters. The Morgan fingerprint density at radius 2 is 0.764 bits per heavy atom. The molecule has 426 valence electrons. The zero-order valence-electron chi connectivity index (χ0n) is 48.7. The van der Waals surface area contributed by atoms with E-state index in [1.165, 1.54) is 244 Å². The van der Waals surface area contributed by atoms with Crippen LogP contribution in [0.15, 0.2) is 36.5 Å². The van der Waals surface area contributed by atoms with E-state index in [1.807, 2.05) is 27.2 Å². The molecule has 0 bridgehead atoms. The molecular formula is C63H124N2O6P+. The summed E-state index contributed by atoms with van der Waals surface area (Å²) in [6.45, 7) is 4.83. The van der Waals surface area contributed by atoms with Gasteiger partial charge in [-0.25, -0.2) is 4.57 Å². The quantitative estimate of drug-likeness (QED) is 0.0243. The Hall–Kier alpha value is -1.28. The van der Waals surface area contributed by atoms with Crippen LogP contribution in [0.3, 0.4) is 0 Å². The highest BCUT2D eigenvalue weighted by molar-refractivity contribution is 7.47. The number of hydrogen-bond acceptors (Lipinski definition) is 5. The number of nitrogens with one attached hydrogen (secondary N) is 1. The fourth-order valence-electron chi connectivity index (χ4n) is 9.43. The third-order valence-corrected chi connectivity index (χ3v) is 15.3. The Morgan fingerprint density at radius 3 is 1.11 bits per heavy atom. The second-order valence-corrected chi connectivity index (χ2v) is 24.2. The van der Waals surface area contributed by atoms with Gasteiger partial charge in [-0.3, -0.25) is 13.8 Å². The monoisotopic (exact) mass is 1040 g/mol. The minimum atomic E-state index is -4.36. The summed E-state index contributed by atoms with van der Waals surface area (Å²) in [7, 11) is 1.56. The van der Waals surface area contributed by atoms with Crippen LogP contribution in [-0.4, -0.2) is 73.4 Å². The van der Waals surface area contributed by atoms with Crippen molar-refractivity contribution in [1.82, 2.24) is 5.32 Å². The Labute approximate surface area is 448 Å². The fraction of sp³-hybridized carbons (Fsp3) is 0.889. The number of rotatable bonds is 58. The number of amides is 1. The van der Waals surface area contributed by atoms with Crippen molar-refractivity contribution in [2.75, 3.05) is 40.9 Å². The van der Waals surface area contributed by atoms with E-state index in [1.54, 1.807) is 6.08 Å². The number of quaternary nitrogens is 1. The molecule has 0 spiro atoms. The van der Waals surface area contributed by atoms with Crippen LogP contribution in [0.5, 0.6) is 0 Å². The lowest BCUT2D eigenvalue weighted by Crippen LogP contribution is -2.45. The molecule has 0 heterocycles. The summed E-state index contributed by atoms with van der Waals surface area (Å²) in [5.41, 5.74) is 0. The molecule has 0 rings (SSSR count). The normalized spacial score (nSPS) is 14.0. The van der Waals surface area contributed by atoms with Crippen molar-refractivity contribution in [2.45, 2.75) is 321 Å². The molecule has 0 aromatic carbocycles. The first kappa shape index (κ1) is 70.7. The van der Waals surface area contributed by atoms with Gasteiger partial charge in [-0.15, -0.1) is 0 Å². The third kappa shape index (κ3) is 56.4. The van der Waals surface area contributed by atoms with Crippen molar-refractivity contribution in [3.05, 3.63) is 36.5 Å². The number of unbranched alkanes of at least 4 members (excludes halogenated alkanes) is 41. The van der Waals surface area contributed by atoms with E-state index in [4.69, 9.17) is 9.05 Å². The smallest absolute Gasteiger partial charge is 0.387 e. The van der Waals surface area contributed by atoms with Gasteiger partial charge in [-0.1, -0.05) is 294 Å². The van der Waals surface area contributed by atoms with Crippen molar-refractivity contribution >= 4 is 13.7 Å². The number of hydrogen-bond donors (Lipinski definition) is 3. The van der Waals surface area contributed by atoms with Crippen LogP contribution in [0.2, 0.25) is 0 Å². The fourth-order valence-corrected chi connectivity index (χ4v) is 10.2. The van der Waals surface area contributed by atoms with E-state index in [0.29, 0.717) is 17.4 Å². The van der Waals surface area contributed by atoms with Gasteiger partial charge in [-0.05, 0) is 44.9 Å². The number of phosphoric ester groups is 1. The van der Waals surface area contributed by atoms with Gasteiger partial charge < -0.3 is 19.8 Å². The number of nitrogens with zero attached hydrogens (tertiary/aromatic N) is 1. The largest absolute Gasteiger partial charge is 0.472 e. The molecule has 0 aromatic heterocycles. The summed E-state index contributed by atoms with van der Waals surface area (Å²) < 4.78 is 23.7. The second kappa shape index (κ2) is 54.5. The molecule has 0 aliphatic rings. The Balaban J connectivity index is 4.18. The topological polar surface area (TPSA) is 105 Å². The van der Waals surface area contributed by atoms with Crippen LogP contribution in [0, 0.1) is 0 Å². The van der Waals surface area contributed by atoms with E-state index in [0.717, 1.165) is 44.9 Å². The van der Waals surface area contributed by atoms with Crippen LogP contribution in [0.25, 0.3) is 0 Å². The van der Waals surface area contributed by atoms with Crippen LogP contribution in [-0.2, 0) is 18.4 Å². The zero-order chi connectivity index (χ0) is 52.7. The number of phosphoric acid groups is 1. The maximum atomic E-state index is 13.0. The molecule has 0 aliphatic carbocycles. The third-order valence-electron chi connectivity index (χ3n) is 14.3. The highest BCUT2D eigenvalue weighted by Crippen LogP contribution is 2.43. The number of likely N-dealkylation sites (N-methyl/N-ethyl adjacent to an activating group) is 1. The standard InChI is InChI=1S/C63H123N2O6P/c1-6-8-10-12-14-16-18-20-22-24-26-28-29-30-31-32-33-34-35-36-37-38-40-42-44-46-48-50-52-54-56-62(66)61(60-71-72(68,69)70-59-58-65(3,4)5)64-63(67)57-55-53-51-49-47-45-43-41-39-27-25-23-21-19-17-15-13-11-9-7-2/h38,40,46,48,54,56,61-62,66H,6-37,39,41-45,47,49-53,55,57-60H2,1-5H3,(H-,64,67,68,69)/p+1/b40-38+,48-46+,56-54+. The first-order chi connectivity index (χ1) is 35.0. The lowest BCUT2D eigenvalue weighted by Gasteiger charge is -2.25. The molecule has 0 aliphatic heterocycles. The van der Waals surface area contributed by atoms with E-state index >= 15 is 0 Å². The lowest BCUT2D eigenvalue weighted by atomic mass is 10.0. The summed E-state index contributed by atoms with van der Waals surface area (Å²) in [4.78, 5) is 23.3. The predicted octanol–water partition coefficient (Wildman–Crippen LogP) is 19.3. The Bertz CT molecular complexity index is 1270. The average Bonchev–Trinajstić information content (AvgIpc) is 3.34. The molecule has 0 radical (unpaired) electrons. The zero-order valence-corrected chi connectivity index (χ0v) is 49.6. The molecule has 3 atom stereocenters. The Kier molecular flexibility index (Phi) is 53.5. The Morgan fingerprint density at radius 1 is 0.458 bits per heavy atom. The predicted molar refractivity (Wildman–Crippen MR) is 314 cm³/mol. The van der Waals surface area contributed by atoms with Gasteiger partial charge in [0.15, 0.2) is 0 Å². The van der Waals surface area contributed by atoms with Gasteiger partial charge >= 0.3 is 7.82 Å². The molecule has 0 aromatic rings. The molecule has 8 nitrogen and oxygen atoms in total. The maximum absolute atomic E-state index is 13.0. The van der Waals surface area contributed by atoms with Crippen molar-refractivity contribution in [3.63, 3.8) is 0 Å². The summed E-state index contributed by atoms with van der Waals surface area (Å²) in [5, 5.41) is 13.9. The van der Waals surface area contributed by atoms with Crippen molar-refractivity contribution in [2.24, 2.45) is 0 Å². The van der Waals surface area contributed by atoms with Crippen LogP contribution in [0.1, 0.15) is 309 Å². The highest BCUT2D eigenvalue weighted by atomic mass is 31.2. The highest BCUT2D eigenvalue weighted by Gasteiger charge is 2.27. The van der Waals surface area contributed by atoms with E-state index < -0.39 is 20.0 Å². The number of allylic oxidation sites excluding steroid dienone is 5. The van der Waals surface area contributed by atoms with Crippen molar-refractivity contribution < 1.29 is 32.9 Å². The van der Waals surface area contributed by atoms with Crippen LogP contribution >= 0.6 is 7.82 Å². The van der Waals surface area contributed by atoms with Gasteiger partial charge in [0.25, 0.3) is 0 Å². The summed E-state index contributed by atoms with van der Waals surface area (Å²) in [6, 6.07) is -0.868. The second-order valence-electron chi connectivity index (χ2n) is 22.8. The first-order valence-electron chi connectivity index (χ1n) is 31.4. The lowest BCUT2D eigenvalue weighted by molar-refractivity contribution is -0.870. The van der Waals surface area contributed by atoms with Gasteiger partial charge in [0.2, 0.25) is 5.91 Å². The van der Waals surface area contributed by atoms with Gasteiger partial charge in [-0.2, -0.15) is 0 Å². The van der Waals surface area contributed by atoms with E-state index in [9.17, 15) is 19.4 Å². The summed E-state index contributed by atoms with van der Waals surface area (Å²) in [6.07, 6.45) is 71.3. The van der Waals surface area contributed by atoms with Gasteiger partial charge in [0.05, 0.1) is 39.9 Å². The molecule has 0 saturated carbocycles. The van der Waals surface area contributed by atoms with Crippen molar-refractivity contribution in [1.29, 1.82) is 0 Å². The van der Waals surface area contributed by atoms with Crippen molar-refractivity contribution in [3.8, 4) is 0 Å².